The summed E-state index contributed by atoms with van der Waals surface area (Å²) in [4.78, 5) is 30.3. The Balaban J connectivity index is 1.69. The van der Waals surface area contributed by atoms with Gasteiger partial charge in [0.1, 0.15) is 11.5 Å². The van der Waals surface area contributed by atoms with E-state index in [9.17, 15) is 19.8 Å². The second-order valence-electron chi connectivity index (χ2n) is 12.1. The van der Waals surface area contributed by atoms with Crippen LogP contribution < -0.4 is 5.32 Å². The van der Waals surface area contributed by atoms with Crippen molar-refractivity contribution in [2.75, 3.05) is 5.32 Å². The predicted molar refractivity (Wildman–Crippen MR) is 173 cm³/mol. The van der Waals surface area contributed by atoms with Gasteiger partial charge < -0.3 is 15.5 Å². The fourth-order valence-corrected chi connectivity index (χ4v) is 7.83. The van der Waals surface area contributed by atoms with E-state index in [1.807, 2.05) is 83.8 Å². The van der Waals surface area contributed by atoms with Crippen molar-refractivity contribution < 1.29 is 19.8 Å². The number of halogens is 2. The van der Waals surface area contributed by atoms with Crippen LogP contribution in [0.2, 0.25) is 10.0 Å². The van der Waals surface area contributed by atoms with Crippen LogP contribution in [0.4, 0.5) is 5.69 Å². The number of hydrogen-bond donors (Lipinski definition) is 3. The number of carbonyl (C=O) groups is 2. The molecule has 6 nitrogen and oxygen atoms in total. The largest absolute Gasteiger partial charge is 0.480 e. The molecular formula is C36H34Cl2N2O4. The minimum absolute atomic E-state index is 0.0900. The number of rotatable bonds is 8. The normalized spacial score (nSPS) is 24.3. The highest BCUT2D eigenvalue weighted by Crippen LogP contribution is 2.62. The SMILES string of the molecule is CC(C)C[C@H]1N([C@H](c2ccccc2)[C@@H](O)c2ccccc2)[C@@H](C(=O)O)[C@H](c2ccc(Cl)cc2)[C@@]12C(=O)Nc1cc(Cl)ccc12. The lowest BCUT2D eigenvalue weighted by molar-refractivity contribution is -0.145. The summed E-state index contributed by atoms with van der Waals surface area (Å²) in [5.74, 6) is -2.09. The molecule has 44 heavy (non-hydrogen) atoms. The third-order valence-electron chi connectivity index (χ3n) is 9.14. The number of nitrogens with one attached hydrogen (secondary N) is 1. The number of carboxylic acid groups (broad SMARTS) is 1. The number of anilines is 1. The van der Waals surface area contributed by atoms with Gasteiger partial charge in [-0.3, -0.25) is 14.5 Å². The number of carboxylic acids is 1. The lowest BCUT2D eigenvalue weighted by atomic mass is 9.63. The maximum absolute atomic E-state index is 14.7. The van der Waals surface area contributed by atoms with E-state index in [0.717, 1.165) is 5.56 Å². The second kappa shape index (κ2) is 12.0. The van der Waals surface area contributed by atoms with Crippen molar-refractivity contribution >= 4 is 40.8 Å². The van der Waals surface area contributed by atoms with Crippen molar-refractivity contribution in [2.24, 2.45) is 5.92 Å². The number of benzene rings is 4. The van der Waals surface area contributed by atoms with Gasteiger partial charge in [-0.05, 0) is 58.9 Å². The van der Waals surface area contributed by atoms with Crippen molar-refractivity contribution in [3.8, 4) is 0 Å². The smallest absolute Gasteiger partial charge is 0.321 e. The molecule has 0 saturated carbocycles. The molecule has 4 aromatic rings. The number of aliphatic hydroxyl groups is 1. The summed E-state index contributed by atoms with van der Waals surface area (Å²) in [6.07, 6.45) is -0.598. The molecule has 2 aliphatic rings. The summed E-state index contributed by atoms with van der Waals surface area (Å²) in [5.41, 5.74) is 2.04. The van der Waals surface area contributed by atoms with Gasteiger partial charge in [0.25, 0.3) is 0 Å². The average molecular weight is 630 g/mol. The molecule has 0 radical (unpaired) electrons. The fourth-order valence-electron chi connectivity index (χ4n) is 7.53. The zero-order chi connectivity index (χ0) is 31.2. The molecule has 2 aliphatic heterocycles. The molecular weight excluding hydrogens is 595 g/mol. The molecule has 0 unspecified atom stereocenters. The van der Waals surface area contributed by atoms with Gasteiger partial charge in [-0.15, -0.1) is 0 Å². The van der Waals surface area contributed by atoms with E-state index < -0.39 is 41.5 Å². The summed E-state index contributed by atoms with van der Waals surface area (Å²) in [7, 11) is 0. The molecule has 8 heteroatoms. The molecule has 0 aliphatic carbocycles. The molecule has 6 rings (SSSR count). The highest BCUT2D eigenvalue weighted by Gasteiger charge is 2.70. The number of amides is 1. The zero-order valence-electron chi connectivity index (χ0n) is 24.4. The van der Waals surface area contributed by atoms with E-state index in [-0.39, 0.29) is 11.8 Å². The lowest BCUT2D eigenvalue weighted by Gasteiger charge is -2.42. The topological polar surface area (TPSA) is 89.9 Å². The third-order valence-corrected chi connectivity index (χ3v) is 9.63. The summed E-state index contributed by atoms with van der Waals surface area (Å²) in [6, 6.07) is 28.6. The van der Waals surface area contributed by atoms with Gasteiger partial charge in [0, 0.05) is 27.7 Å². The maximum Gasteiger partial charge on any atom is 0.321 e. The number of aliphatic hydroxyl groups excluding tert-OH is 1. The molecule has 2 heterocycles. The first-order valence-corrected chi connectivity index (χ1v) is 15.5. The first-order valence-electron chi connectivity index (χ1n) is 14.8. The van der Waals surface area contributed by atoms with Crippen molar-refractivity contribution in [2.45, 2.75) is 55.8 Å². The Bertz CT molecular complexity index is 1670. The van der Waals surface area contributed by atoms with Crippen LogP contribution in [0.5, 0.6) is 0 Å². The van der Waals surface area contributed by atoms with Crippen molar-refractivity contribution in [1.82, 2.24) is 4.90 Å². The molecule has 1 saturated heterocycles. The Hall–Kier alpha value is -3.68. The molecule has 0 aromatic heterocycles. The van der Waals surface area contributed by atoms with Gasteiger partial charge in [0.15, 0.2) is 0 Å². The second-order valence-corrected chi connectivity index (χ2v) is 13.0. The number of likely N-dealkylation sites (tertiary alicyclic amines) is 1. The molecule has 1 amide bonds. The minimum Gasteiger partial charge on any atom is -0.480 e. The standard InChI is InChI=1S/C36H34Cl2N2O4/c1-21(2)19-29-36(27-18-17-26(38)20-28(27)39-35(36)44)30(22-13-15-25(37)16-14-22)32(34(42)43)40(29)31(23-9-5-3-6-10-23)33(41)24-11-7-4-8-12-24/h3-18,20-21,29-33,41H,19H2,1-2H3,(H,39,44)(H,42,43)/t29-,30+,31-,32-,33+,36+/m1/s1. The third kappa shape index (κ3) is 5.00. The van der Waals surface area contributed by atoms with Crippen LogP contribution in [-0.2, 0) is 15.0 Å². The van der Waals surface area contributed by atoms with Crippen LogP contribution in [-0.4, -0.2) is 39.1 Å². The number of nitrogens with zero attached hydrogens (tertiary/aromatic N) is 1. The summed E-state index contributed by atoms with van der Waals surface area (Å²) < 4.78 is 0. The highest BCUT2D eigenvalue weighted by atomic mass is 35.5. The number of hydrogen-bond acceptors (Lipinski definition) is 4. The van der Waals surface area contributed by atoms with Gasteiger partial charge in [-0.25, -0.2) is 0 Å². The molecule has 0 bridgehead atoms. The first kappa shape index (κ1) is 30.4. The minimum atomic E-state index is -1.31. The van der Waals surface area contributed by atoms with Gasteiger partial charge in [0.05, 0.1) is 12.1 Å². The molecule has 4 aromatic carbocycles. The summed E-state index contributed by atoms with van der Waals surface area (Å²) in [6.45, 7) is 4.14. The molecule has 1 spiro atoms. The first-order chi connectivity index (χ1) is 21.1. The van der Waals surface area contributed by atoms with Gasteiger partial charge in [-0.1, -0.05) is 116 Å². The molecule has 1 fully saturated rings. The Morgan fingerprint density at radius 3 is 2.07 bits per heavy atom. The van der Waals surface area contributed by atoms with Crippen LogP contribution in [0.1, 0.15) is 60.6 Å². The Labute approximate surface area is 267 Å². The van der Waals surface area contributed by atoms with Gasteiger partial charge in [0.2, 0.25) is 5.91 Å². The van der Waals surface area contributed by atoms with E-state index in [4.69, 9.17) is 23.2 Å². The number of carbonyl (C=O) groups excluding carboxylic acids is 1. The molecule has 6 atom stereocenters. The molecule has 3 N–H and O–H groups in total. The highest BCUT2D eigenvalue weighted by molar-refractivity contribution is 6.31. The Morgan fingerprint density at radius 2 is 1.48 bits per heavy atom. The Kier molecular flexibility index (Phi) is 8.29. The zero-order valence-corrected chi connectivity index (χ0v) is 25.9. The Morgan fingerprint density at radius 1 is 0.886 bits per heavy atom. The van der Waals surface area contributed by atoms with Crippen LogP contribution in [0.25, 0.3) is 0 Å². The summed E-state index contributed by atoms with van der Waals surface area (Å²) >= 11 is 12.7. The predicted octanol–water partition coefficient (Wildman–Crippen LogP) is 7.63. The molecule has 226 valence electrons. The van der Waals surface area contributed by atoms with E-state index in [1.54, 1.807) is 24.3 Å². The fraction of sp³-hybridized carbons (Fsp3) is 0.278. The number of aliphatic carboxylic acids is 1. The van der Waals surface area contributed by atoms with E-state index in [2.05, 4.69) is 19.2 Å². The number of fused-ring (bicyclic) bond motifs is 2. The van der Waals surface area contributed by atoms with Crippen LogP contribution in [0, 0.1) is 5.92 Å². The summed E-state index contributed by atoms with van der Waals surface area (Å²) in [5, 5.41) is 27.4. The van der Waals surface area contributed by atoms with Gasteiger partial charge in [-0.2, -0.15) is 0 Å². The van der Waals surface area contributed by atoms with E-state index in [0.29, 0.717) is 38.8 Å². The van der Waals surface area contributed by atoms with Crippen LogP contribution >= 0.6 is 23.2 Å². The van der Waals surface area contributed by atoms with Crippen LogP contribution in [0.15, 0.2) is 103 Å². The quantitative estimate of drug-likeness (QED) is 0.187. The maximum atomic E-state index is 14.7. The van der Waals surface area contributed by atoms with E-state index in [1.165, 1.54) is 0 Å². The monoisotopic (exact) mass is 628 g/mol. The van der Waals surface area contributed by atoms with Crippen LogP contribution in [0.3, 0.4) is 0 Å². The van der Waals surface area contributed by atoms with Crippen molar-refractivity contribution in [1.29, 1.82) is 0 Å². The van der Waals surface area contributed by atoms with Gasteiger partial charge >= 0.3 is 5.97 Å². The van der Waals surface area contributed by atoms with Crippen molar-refractivity contribution in [3.05, 3.63) is 135 Å². The lowest BCUT2D eigenvalue weighted by Crippen LogP contribution is -2.51. The average Bonchev–Trinajstić information content (AvgIpc) is 3.45. The van der Waals surface area contributed by atoms with E-state index >= 15 is 0 Å². The van der Waals surface area contributed by atoms with Crippen molar-refractivity contribution in [3.63, 3.8) is 0 Å².